The van der Waals surface area contributed by atoms with Gasteiger partial charge in [-0.1, -0.05) is 30.3 Å². The van der Waals surface area contributed by atoms with Crippen LogP contribution in [0.3, 0.4) is 0 Å². The van der Waals surface area contributed by atoms with E-state index in [-0.39, 0.29) is 32.0 Å². The largest absolute Gasteiger partial charge is 0.460 e. The quantitative estimate of drug-likeness (QED) is 0.128. The van der Waals surface area contributed by atoms with E-state index in [9.17, 15) is 24.0 Å². The molecule has 1 rings (SSSR count). The minimum Gasteiger partial charge on any atom is -0.460 e. The molecule has 48 heavy (non-hydrogen) atoms. The Morgan fingerprint density at radius 1 is 0.583 bits per heavy atom. The first kappa shape index (κ1) is 42.8. The molecule has 0 bridgehead atoms. The molecule has 0 amide bonds. The molecule has 0 radical (unpaired) electrons. The van der Waals surface area contributed by atoms with E-state index in [2.05, 4.69) is 0 Å². The van der Waals surface area contributed by atoms with Crippen molar-refractivity contribution in [2.24, 2.45) is 5.41 Å². The smallest absolute Gasteiger partial charge is 0.335 e. The monoisotopic (exact) mass is 680 g/mol. The van der Waals surface area contributed by atoms with Gasteiger partial charge in [-0.3, -0.25) is 14.4 Å². The molecule has 4 unspecified atom stereocenters. The Balaban J connectivity index is 3.11. The molecule has 0 aliphatic rings. The highest BCUT2D eigenvalue weighted by molar-refractivity contribution is 5.93. The van der Waals surface area contributed by atoms with Crippen LogP contribution in [0.15, 0.2) is 30.3 Å². The number of rotatable bonds is 21. The van der Waals surface area contributed by atoms with Gasteiger partial charge < -0.3 is 33.2 Å². The first-order valence-corrected chi connectivity index (χ1v) is 16.3. The normalized spacial score (nSPS) is 16.0. The summed E-state index contributed by atoms with van der Waals surface area (Å²) < 4.78 is 39.2. The topological polar surface area (TPSA) is 150 Å². The number of ether oxygens (including phenoxy) is 7. The Labute approximate surface area is 285 Å². The van der Waals surface area contributed by atoms with Gasteiger partial charge in [0.1, 0.15) is 23.2 Å². The predicted molar refractivity (Wildman–Crippen MR) is 177 cm³/mol. The summed E-state index contributed by atoms with van der Waals surface area (Å²) in [6.45, 7) is 19.8. The first-order chi connectivity index (χ1) is 22.0. The second-order valence-corrected chi connectivity index (χ2v) is 13.8. The Morgan fingerprint density at radius 3 is 1.31 bits per heavy atom. The number of esters is 3. The van der Waals surface area contributed by atoms with E-state index in [0.29, 0.717) is 0 Å². The Hall–Kier alpha value is -3.19. The average Bonchev–Trinajstić information content (AvgIpc) is 3.00. The zero-order valence-corrected chi connectivity index (χ0v) is 30.9. The maximum Gasteiger partial charge on any atom is 0.335 e. The molecule has 12 heteroatoms. The molecule has 0 spiro atoms. The molecule has 4 atom stereocenters. The molecular weight excluding hydrogens is 624 g/mol. The molecule has 0 saturated heterocycles. The molecule has 0 N–H and O–H groups in total. The standard InChI is InChI=1S/C36H56O12/c1-22(2)45-26(7)31(39)47-24(5)29(37)34(9,10)43-20-36(13,33(41)42-19-28-17-15-14-16-18-28)21-44-35(11,12)30(38)25(6)48-32(40)27(8)46-23(3)4/h14-18,22-27H,19-21H2,1-13H3. The van der Waals surface area contributed by atoms with Gasteiger partial charge >= 0.3 is 17.9 Å². The van der Waals surface area contributed by atoms with Crippen molar-refractivity contribution in [3.05, 3.63) is 35.9 Å². The summed E-state index contributed by atoms with van der Waals surface area (Å²) in [6, 6.07) is 9.05. The first-order valence-electron chi connectivity index (χ1n) is 16.3. The van der Waals surface area contributed by atoms with Crippen LogP contribution in [0.2, 0.25) is 0 Å². The van der Waals surface area contributed by atoms with Crippen molar-refractivity contribution in [2.45, 2.75) is 144 Å². The van der Waals surface area contributed by atoms with Crippen molar-refractivity contribution in [3.8, 4) is 0 Å². The highest BCUT2D eigenvalue weighted by Gasteiger charge is 2.44. The van der Waals surface area contributed by atoms with Gasteiger partial charge in [0.25, 0.3) is 0 Å². The predicted octanol–water partition coefficient (Wildman–Crippen LogP) is 4.96. The van der Waals surface area contributed by atoms with Gasteiger partial charge in [-0.15, -0.1) is 0 Å². The third-order valence-corrected chi connectivity index (χ3v) is 7.34. The van der Waals surface area contributed by atoms with Crippen molar-refractivity contribution < 1.29 is 57.1 Å². The molecule has 12 nitrogen and oxygen atoms in total. The van der Waals surface area contributed by atoms with Gasteiger partial charge in [-0.2, -0.15) is 0 Å². The lowest BCUT2D eigenvalue weighted by Crippen LogP contribution is -2.50. The zero-order valence-electron chi connectivity index (χ0n) is 30.9. The fraction of sp³-hybridized carbons (Fsp3) is 0.694. The van der Waals surface area contributed by atoms with Gasteiger partial charge in [0.15, 0.2) is 24.4 Å². The lowest BCUT2D eigenvalue weighted by Gasteiger charge is -2.35. The van der Waals surface area contributed by atoms with E-state index < -0.39 is 70.5 Å². The van der Waals surface area contributed by atoms with Crippen molar-refractivity contribution in [1.82, 2.24) is 0 Å². The Bertz CT molecular complexity index is 1160. The van der Waals surface area contributed by atoms with E-state index in [0.717, 1.165) is 5.56 Å². The Kier molecular flexibility index (Phi) is 16.5. The molecule has 272 valence electrons. The van der Waals surface area contributed by atoms with Gasteiger partial charge in [-0.05, 0) is 95.6 Å². The maximum absolute atomic E-state index is 13.6. The van der Waals surface area contributed by atoms with E-state index in [1.807, 2.05) is 18.2 Å². The molecule has 0 aliphatic heterocycles. The van der Waals surface area contributed by atoms with Crippen molar-refractivity contribution in [3.63, 3.8) is 0 Å². The second-order valence-electron chi connectivity index (χ2n) is 13.8. The molecule has 0 aromatic heterocycles. The number of hydrogen-bond donors (Lipinski definition) is 0. The van der Waals surface area contributed by atoms with Crippen LogP contribution in [0.25, 0.3) is 0 Å². The van der Waals surface area contributed by atoms with Gasteiger partial charge in [0.05, 0.1) is 25.4 Å². The van der Waals surface area contributed by atoms with Crippen molar-refractivity contribution in [1.29, 1.82) is 0 Å². The summed E-state index contributed by atoms with van der Waals surface area (Å²) in [5.74, 6) is -3.18. The highest BCUT2D eigenvalue weighted by Crippen LogP contribution is 2.28. The third-order valence-electron chi connectivity index (χ3n) is 7.34. The maximum atomic E-state index is 13.6. The van der Waals surface area contributed by atoms with Crippen LogP contribution in [0.5, 0.6) is 0 Å². The van der Waals surface area contributed by atoms with Crippen molar-refractivity contribution in [2.75, 3.05) is 13.2 Å². The number of Topliss-reactive ketones (excluding diaryl/α,β-unsaturated/α-hetero) is 2. The van der Waals surface area contributed by atoms with Gasteiger partial charge in [-0.25, -0.2) is 9.59 Å². The molecule has 0 fully saturated rings. The highest BCUT2D eigenvalue weighted by atomic mass is 16.6. The van der Waals surface area contributed by atoms with E-state index in [1.165, 1.54) is 62.3 Å². The molecule has 1 aromatic carbocycles. The fourth-order valence-corrected chi connectivity index (χ4v) is 4.43. The number of hydrogen-bond acceptors (Lipinski definition) is 12. The average molecular weight is 681 g/mol. The summed E-state index contributed by atoms with van der Waals surface area (Å²) in [7, 11) is 0. The van der Waals surface area contributed by atoms with Crippen LogP contribution in [-0.2, 0) is 63.7 Å². The van der Waals surface area contributed by atoms with Crippen LogP contribution in [0, 0.1) is 5.41 Å². The SMILES string of the molecule is CC(C)OC(C)C(=O)OC(C)C(=O)C(C)(C)OCC(C)(COC(C)(C)C(=O)C(C)OC(=O)C(C)OC(C)C)C(=O)OCc1ccccc1. The van der Waals surface area contributed by atoms with Crippen molar-refractivity contribution >= 4 is 29.5 Å². The lowest BCUT2D eigenvalue weighted by molar-refractivity contribution is -0.185. The Morgan fingerprint density at radius 2 is 0.958 bits per heavy atom. The molecular formula is C36H56O12. The summed E-state index contributed by atoms with van der Waals surface area (Å²) in [4.78, 5) is 65.2. The molecule has 0 saturated carbocycles. The van der Waals surface area contributed by atoms with Crippen LogP contribution in [-0.4, -0.2) is 90.5 Å². The molecule has 0 heterocycles. The summed E-state index contributed by atoms with van der Waals surface area (Å²) in [6.07, 6.45) is -4.53. The summed E-state index contributed by atoms with van der Waals surface area (Å²) in [5, 5.41) is 0. The van der Waals surface area contributed by atoms with Crippen LogP contribution < -0.4 is 0 Å². The van der Waals surface area contributed by atoms with Crippen LogP contribution in [0.1, 0.15) is 95.6 Å². The molecule has 0 aliphatic carbocycles. The minimum absolute atomic E-state index is 0.0346. The van der Waals surface area contributed by atoms with E-state index >= 15 is 0 Å². The van der Waals surface area contributed by atoms with Crippen LogP contribution in [0.4, 0.5) is 0 Å². The zero-order chi connectivity index (χ0) is 37.0. The summed E-state index contributed by atoms with van der Waals surface area (Å²) in [5.41, 5.74) is -3.78. The molecule has 1 aromatic rings. The summed E-state index contributed by atoms with van der Waals surface area (Å²) >= 11 is 0. The van der Waals surface area contributed by atoms with E-state index in [4.69, 9.17) is 33.2 Å². The minimum atomic E-state index is -1.51. The fourth-order valence-electron chi connectivity index (χ4n) is 4.43. The number of ketones is 2. The van der Waals surface area contributed by atoms with Gasteiger partial charge in [0, 0.05) is 0 Å². The van der Waals surface area contributed by atoms with Gasteiger partial charge in [0.2, 0.25) is 11.6 Å². The second kappa shape index (κ2) is 18.5. The third kappa shape index (κ3) is 13.7. The van der Waals surface area contributed by atoms with Crippen LogP contribution >= 0.6 is 0 Å². The number of carbonyl (C=O) groups excluding carboxylic acids is 5. The van der Waals surface area contributed by atoms with E-state index in [1.54, 1.807) is 39.8 Å². The number of benzene rings is 1. The lowest BCUT2D eigenvalue weighted by atomic mass is 9.90. The number of carbonyl (C=O) groups is 5.